The molecule has 1 saturated heterocycles. The van der Waals surface area contributed by atoms with E-state index in [-0.39, 0.29) is 0 Å². The van der Waals surface area contributed by atoms with E-state index in [1.165, 1.54) is 25.7 Å². The summed E-state index contributed by atoms with van der Waals surface area (Å²) in [6.45, 7) is 4.01. The van der Waals surface area contributed by atoms with Crippen LogP contribution < -0.4 is 5.32 Å². The molecule has 0 radical (unpaired) electrons. The predicted octanol–water partition coefficient (Wildman–Crippen LogP) is 1.63. The fourth-order valence-corrected chi connectivity index (χ4v) is 3.21. The van der Waals surface area contributed by atoms with Crippen molar-refractivity contribution in [2.24, 2.45) is 5.41 Å². The summed E-state index contributed by atoms with van der Waals surface area (Å²) in [5, 5.41) is 7.39. The van der Waals surface area contributed by atoms with Gasteiger partial charge in [-0.2, -0.15) is 4.98 Å². The quantitative estimate of drug-likeness (QED) is 0.760. The minimum absolute atomic E-state index is 0.416. The molecule has 3 rings (SSSR count). The van der Waals surface area contributed by atoms with Crippen molar-refractivity contribution in [2.75, 3.05) is 13.1 Å². The molecule has 4 nitrogen and oxygen atoms in total. The molecule has 0 bridgehead atoms. The second kappa shape index (κ2) is 3.30. The molecule has 1 aromatic rings. The Bertz CT molecular complexity index is 349. The van der Waals surface area contributed by atoms with E-state index in [1.807, 2.05) is 6.92 Å². The van der Waals surface area contributed by atoms with E-state index in [1.54, 1.807) is 0 Å². The molecule has 2 fully saturated rings. The Morgan fingerprint density at radius 1 is 1.40 bits per heavy atom. The van der Waals surface area contributed by atoms with Crippen LogP contribution in [0.1, 0.15) is 43.3 Å². The maximum Gasteiger partial charge on any atom is 0.231 e. The highest BCUT2D eigenvalue weighted by molar-refractivity contribution is 5.10. The highest BCUT2D eigenvalue weighted by Gasteiger charge is 2.47. The lowest BCUT2D eigenvalue weighted by molar-refractivity contribution is 0.241. The van der Waals surface area contributed by atoms with Crippen LogP contribution in [-0.4, -0.2) is 23.2 Å². The van der Waals surface area contributed by atoms with Crippen LogP contribution in [0.15, 0.2) is 4.52 Å². The van der Waals surface area contributed by atoms with Crippen LogP contribution >= 0.6 is 0 Å². The molecule has 1 unspecified atom stereocenters. The number of aryl methyl sites for hydroxylation is 1. The van der Waals surface area contributed by atoms with Crippen molar-refractivity contribution in [2.45, 2.75) is 38.5 Å². The monoisotopic (exact) mass is 207 g/mol. The van der Waals surface area contributed by atoms with E-state index in [0.29, 0.717) is 11.3 Å². The average molecular weight is 207 g/mol. The van der Waals surface area contributed by atoms with Crippen LogP contribution in [0, 0.1) is 12.3 Å². The van der Waals surface area contributed by atoms with Crippen molar-refractivity contribution in [1.82, 2.24) is 15.5 Å². The van der Waals surface area contributed by atoms with E-state index in [2.05, 4.69) is 15.5 Å². The smallest absolute Gasteiger partial charge is 0.231 e. The number of hydrogen-bond acceptors (Lipinski definition) is 4. The third kappa shape index (κ3) is 1.39. The topological polar surface area (TPSA) is 51.0 Å². The van der Waals surface area contributed by atoms with Crippen molar-refractivity contribution in [3.63, 3.8) is 0 Å². The molecule has 1 aliphatic carbocycles. The van der Waals surface area contributed by atoms with Gasteiger partial charge in [-0.25, -0.2) is 0 Å². The summed E-state index contributed by atoms with van der Waals surface area (Å²) in [4.78, 5) is 4.39. The summed E-state index contributed by atoms with van der Waals surface area (Å²) < 4.78 is 5.33. The van der Waals surface area contributed by atoms with Crippen molar-refractivity contribution in [3.8, 4) is 0 Å². The summed E-state index contributed by atoms with van der Waals surface area (Å²) in [6, 6.07) is 0. The summed E-state index contributed by atoms with van der Waals surface area (Å²) in [5.41, 5.74) is 0.416. The van der Waals surface area contributed by atoms with Gasteiger partial charge in [0, 0.05) is 13.1 Å². The molecule has 1 aliphatic heterocycles. The van der Waals surface area contributed by atoms with Gasteiger partial charge in [0.1, 0.15) is 0 Å². The third-order valence-electron chi connectivity index (χ3n) is 4.01. The van der Waals surface area contributed by atoms with E-state index in [4.69, 9.17) is 4.52 Å². The first-order chi connectivity index (χ1) is 7.30. The molecule has 0 aromatic carbocycles. The lowest BCUT2D eigenvalue weighted by Gasteiger charge is -2.27. The lowest BCUT2D eigenvalue weighted by atomic mass is 9.76. The van der Waals surface area contributed by atoms with Gasteiger partial charge in [-0.15, -0.1) is 0 Å². The highest BCUT2D eigenvalue weighted by atomic mass is 16.5. The van der Waals surface area contributed by atoms with Crippen LogP contribution in [0.25, 0.3) is 0 Å². The van der Waals surface area contributed by atoms with Crippen LogP contribution in [0.4, 0.5) is 0 Å². The number of aromatic nitrogens is 2. The summed E-state index contributed by atoms with van der Waals surface area (Å²) in [5.74, 6) is 2.05. The number of rotatable bonds is 1. The second-order valence-corrected chi connectivity index (χ2v) is 4.93. The van der Waals surface area contributed by atoms with Gasteiger partial charge in [0.05, 0.1) is 5.92 Å². The Balaban J connectivity index is 1.91. The van der Waals surface area contributed by atoms with E-state index in [9.17, 15) is 0 Å². The van der Waals surface area contributed by atoms with E-state index >= 15 is 0 Å². The van der Waals surface area contributed by atoms with Crippen LogP contribution in [0.5, 0.6) is 0 Å². The number of nitrogens with one attached hydrogen (secondary N) is 1. The molecular formula is C11H17N3O. The third-order valence-corrected chi connectivity index (χ3v) is 4.01. The predicted molar refractivity (Wildman–Crippen MR) is 55.5 cm³/mol. The molecule has 15 heavy (non-hydrogen) atoms. The van der Waals surface area contributed by atoms with Gasteiger partial charge >= 0.3 is 0 Å². The molecule has 1 N–H and O–H groups in total. The summed E-state index contributed by atoms with van der Waals surface area (Å²) >= 11 is 0. The lowest BCUT2D eigenvalue weighted by Crippen LogP contribution is -2.25. The first-order valence-corrected chi connectivity index (χ1v) is 5.81. The van der Waals surface area contributed by atoms with Crippen molar-refractivity contribution in [3.05, 3.63) is 11.7 Å². The second-order valence-electron chi connectivity index (χ2n) is 4.93. The molecule has 4 heteroatoms. The van der Waals surface area contributed by atoms with Crippen molar-refractivity contribution >= 4 is 0 Å². The molecular weight excluding hydrogens is 190 g/mol. The van der Waals surface area contributed by atoms with E-state index in [0.717, 1.165) is 24.8 Å². The van der Waals surface area contributed by atoms with Gasteiger partial charge < -0.3 is 9.84 Å². The van der Waals surface area contributed by atoms with Gasteiger partial charge in [-0.1, -0.05) is 18.0 Å². The minimum atomic E-state index is 0.416. The molecule has 1 saturated carbocycles. The van der Waals surface area contributed by atoms with Gasteiger partial charge in [0.25, 0.3) is 0 Å². The first-order valence-electron chi connectivity index (χ1n) is 5.81. The molecule has 2 aliphatic rings. The van der Waals surface area contributed by atoms with Crippen molar-refractivity contribution < 1.29 is 4.52 Å². The average Bonchev–Trinajstić information content (AvgIpc) is 2.90. The van der Waals surface area contributed by atoms with Crippen LogP contribution in [0.2, 0.25) is 0 Å². The Morgan fingerprint density at radius 2 is 2.20 bits per heavy atom. The van der Waals surface area contributed by atoms with Gasteiger partial charge in [0.2, 0.25) is 5.89 Å². The zero-order valence-electron chi connectivity index (χ0n) is 9.12. The van der Waals surface area contributed by atoms with Crippen molar-refractivity contribution in [1.29, 1.82) is 0 Å². The van der Waals surface area contributed by atoms with E-state index < -0.39 is 0 Å². The minimum Gasteiger partial charge on any atom is -0.339 e. The normalized spacial score (nSPS) is 29.0. The van der Waals surface area contributed by atoms with Crippen LogP contribution in [0.3, 0.4) is 0 Å². The van der Waals surface area contributed by atoms with Gasteiger partial charge in [-0.3, -0.25) is 0 Å². The van der Waals surface area contributed by atoms with Gasteiger partial charge in [0.15, 0.2) is 5.82 Å². The zero-order chi connectivity index (χ0) is 10.3. The molecule has 82 valence electrons. The standard InChI is InChI=1S/C11H17N3O/c1-8-13-10(15-14-8)9-6-12-7-11(9)4-2-3-5-11/h9,12H,2-7H2,1H3. The fourth-order valence-electron chi connectivity index (χ4n) is 3.21. The largest absolute Gasteiger partial charge is 0.339 e. The summed E-state index contributed by atoms with van der Waals surface area (Å²) in [6.07, 6.45) is 5.33. The number of nitrogens with zero attached hydrogens (tertiary/aromatic N) is 2. The Morgan fingerprint density at radius 3 is 2.87 bits per heavy atom. The molecule has 1 spiro atoms. The molecule has 1 atom stereocenters. The molecule has 0 amide bonds. The Hall–Kier alpha value is -0.900. The molecule has 1 aromatic heterocycles. The number of hydrogen-bond donors (Lipinski definition) is 1. The maximum atomic E-state index is 5.33. The molecule has 2 heterocycles. The maximum absolute atomic E-state index is 5.33. The van der Waals surface area contributed by atoms with Crippen LogP contribution in [-0.2, 0) is 0 Å². The fraction of sp³-hybridized carbons (Fsp3) is 0.818. The Kier molecular flexibility index (Phi) is 2.06. The first kappa shape index (κ1) is 9.33. The SMILES string of the molecule is Cc1noc(C2CNCC23CCCC3)n1. The Labute approximate surface area is 89.4 Å². The zero-order valence-corrected chi connectivity index (χ0v) is 9.12. The highest BCUT2D eigenvalue weighted by Crippen LogP contribution is 2.50. The van der Waals surface area contributed by atoms with Gasteiger partial charge in [-0.05, 0) is 25.2 Å². The summed E-state index contributed by atoms with van der Waals surface area (Å²) in [7, 11) is 0.